The fourth-order valence-corrected chi connectivity index (χ4v) is 0.982. The lowest BCUT2D eigenvalue weighted by Crippen LogP contribution is -1.98. The van der Waals surface area contributed by atoms with Crippen molar-refractivity contribution in [3.63, 3.8) is 0 Å². The van der Waals surface area contributed by atoms with Gasteiger partial charge in [-0.15, -0.1) is 0 Å². The maximum Gasteiger partial charge on any atom is 0.373 e. The van der Waals surface area contributed by atoms with Gasteiger partial charge in [0.25, 0.3) is 0 Å². The molecule has 0 spiro atoms. The molecule has 2 aromatic heterocycles. The monoisotopic (exact) mass is 190 g/mol. The summed E-state index contributed by atoms with van der Waals surface area (Å²) < 4.78 is 0. The summed E-state index contributed by atoms with van der Waals surface area (Å²) in [6.07, 6.45) is 3.18. The van der Waals surface area contributed by atoms with Crippen molar-refractivity contribution < 1.29 is 9.90 Å². The van der Waals surface area contributed by atoms with Gasteiger partial charge in [-0.3, -0.25) is 10.1 Å². The molecule has 0 aliphatic carbocycles. The van der Waals surface area contributed by atoms with Crippen molar-refractivity contribution in [2.24, 2.45) is 0 Å². The molecule has 0 bridgehead atoms. The maximum absolute atomic E-state index is 10.5. The second kappa shape index (κ2) is 3.25. The molecule has 0 aliphatic heterocycles. The van der Waals surface area contributed by atoms with Crippen molar-refractivity contribution in [3.8, 4) is 11.4 Å². The van der Waals surface area contributed by atoms with Gasteiger partial charge in [0.1, 0.15) is 0 Å². The Balaban J connectivity index is 2.39. The third-order valence-corrected chi connectivity index (χ3v) is 1.61. The standard InChI is InChI=1S/C8H6N4O2/c13-8(14)7-10-6(11-12-7)5-2-1-3-9-4-5/h1-4H,(H,13,14)(H,10,11,12). The minimum absolute atomic E-state index is 0.177. The summed E-state index contributed by atoms with van der Waals surface area (Å²) in [6.45, 7) is 0. The van der Waals surface area contributed by atoms with Crippen molar-refractivity contribution in [2.75, 3.05) is 0 Å². The summed E-state index contributed by atoms with van der Waals surface area (Å²) in [5, 5.41) is 14.7. The molecule has 0 aliphatic rings. The Morgan fingerprint density at radius 1 is 1.50 bits per heavy atom. The Labute approximate surface area is 78.6 Å². The SMILES string of the molecule is O=C(O)c1nc(-c2cccnc2)n[nH]1. The number of hydrogen-bond donors (Lipinski definition) is 2. The van der Waals surface area contributed by atoms with E-state index in [-0.39, 0.29) is 5.82 Å². The van der Waals surface area contributed by atoms with Gasteiger partial charge in [0.05, 0.1) is 0 Å². The number of aromatic amines is 1. The van der Waals surface area contributed by atoms with Gasteiger partial charge in [0.15, 0.2) is 5.82 Å². The van der Waals surface area contributed by atoms with Crippen LogP contribution >= 0.6 is 0 Å². The third kappa shape index (κ3) is 1.45. The number of rotatable bonds is 2. The van der Waals surface area contributed by atoms with Gasteiger partial charge in [0, 0.05) is 18.0 Å². The van der Waals surface area contributed by atoms with E-state index in [9.17, 15) is 4.79 Å². The summed E-state index contributed by atoms with van der Waals surface area (Å²) >= 11 is 0. The predicted octanol–water partition coefficient (Wildman–Crippen LogP) is 0.565. The van der Waals surface area contributed by atoms with Gasteiger partial charge >= 0.3 is 5.97 Å². The number of carboxylic acid groups (broad SMARTS) is 1. The number of aromatic carboxylic acids is 1. The molecule has 6 heteroatoms. The summed E-state index contributed by atoms with van der Waals surface area (Å²) in [5.41, 5.74) is 0.677. The molecule has 2 heterocycles. The second-order valence-corrected chi connectivity index (χ2v) is 2.55. The Bertz CT molecular complexity index is 451. The summed E-state index contributed by atoms with van der Waals surface area (Å²) in [7, 11) is 0. The summed E-state index contributed by atoms with van der Waals surface area (Å²) in [6, 6.07) is 3.48. The molecule has 0 radical (unpaired) electrons. The van der Waals surface area contributed by atoms with Crippen molar-refractivity contribution >= 4 is 5.97 Å². The van der Waals surface area contributed by atoms with E-state index >= 15 is 0 Å². The molecule has 0 saturated heterocycles. The highest BCUT2D eigenvalue weighted by Gasteiger charge is 2.10. The summed E-state index contributed by atoms with van der Waals surface area (Å²) in [4.78, 5) is 18.1. The molecule has 70 valence electrons. The Morgan fingerprint density at radius 2 is 2.36 bits per heavy atom. The quantitative estimate of drug-likeness (QED) is 0.722. The van der Waals surface area contributed by atoms with Crippen molar-refractivity contribution in [1.29, 1.82) is 0 Å². The molecular weight excluding hydrogens is 184 g/mol. The van der Waals surface area contributed by atoms with Gasteiger partial charge in [0.2, 0.25) is 5.82 Å². The highest BCUT2D eigenvalue weighted by Crippen LogP contribution is 2.11. The first-order chi connectivity index (χ1) is 6.77. The average molecular weight is 190 g/mol. The number of nitrogens with zero attached hydrogens (tertiary/aromatic N) is 3. The Kier molecular flexibility index (Phi) is 1.94. The van der Waals surface area contributed by atoms with E-state index in [1.807, 2.05) is 0 Å². The largest absolute Gasteiger partial charge is 0.475 e. The molecule has 2 N–H and O–H groups in total. The molecule has 0 aromatic carbocycles. The second-order valence-electron chi connectivity index (χ2n) is 2.55. The highest BCUT2D eigenvalue weighted by atomic mass is 16.4. The number of nitrogens with one attached hydrogen (secondary N) is 1. The van der Waals surface area contributed by atoms with Crippen LogP contribution in [0.3, 0.4) is 0 Å². The molecule has 6 nitrogen and oxygen atoms in total. The predicted molar refractivity (Wildman–Crippen MR) is 46.6 cm³/mol. The van der Waals surface area contributed by atoms with Gasteiger partial charge in [-0.05, 0) is 12.1 Å². The van der Waals surface area contributed by atoms with Crippen LogP contribution in [0.5, 0.6) is 0 Å². The van der Waals surface area contributed by atoms with Crippen LogP contribution in [0, 0.1) is 0 Å². The Hall–Kier alpha value is -2.24. The molecule has 0 unspecified atom stereocenters. The van der Waals surface area contributed by atoms with Crippen LogP contribution < -0.4 is 0 Å². The topological polar surface area (TPSA) is 91.8 Å². The molecular formula is C8H6N4O2. The first-order valence-electron chi connectivity index (χ1n) is 3.83. The first-order valence-corrected chi connectivity index (χ1v) is 3.83. The van der Waals surface area contributed by atoms with Gasteiger partial charge in [-0.25, -0.2) is 9.78 Å². The van der Waals surface area contributed by atoms with Crippen LogP contribution in [0.2, 0.25) is 0 Å². The lowest BCUT2D eigenvalue weighted by molar-refractivity contribution is 0.0684. The maximum atomic E-state index is 10.5. The van der Waals surface area contributed by atoms with Crippen LogP contribution in [0.25, 0.3) is 11.4 Å². The van der Waals surface area contributed by atoms with Gasteiger partial charge < -0.3 is 5.11 Å². The molecule has 2 aromatic rings. The number of aromatic nitrogens is 4. The van der Waals surface area contributed by atoms with Crippen LogP contribution in [0.15, 0.2) is 24.5 Å². The molecule has 0 amide bonds. The molecule has 0 fully saturated rings. The fourth-order valence-electron chi connectivity index (χ4n) is 0.982. The Morgan fingerprint density at radius 3 is 2.93 bits per heavy atom. The van der Waals surface area contributed by atoms with Crippen molar-refractivity contribution in [3.05, 3.63) is 30.4 Å². The zero-order valence-electron chi connectivity index (χ0n) is 7.01. The van der Waals surface area contributed by atoms with E-state index in [2.05, 4.69) is 20.2 Å². The van der Waals surface area contributed by atoms with E-state index in [0.717, 1.165) is 0 Å². The van der Waals surface area contributed by atoms with E-state index in [0.29, 0.717) is 11.4 Å². The van der Waals surface area contributed by atoms with Crippen LogP contribution in [-0.2, 0) is 0 Å². The summed E-state index contributed by atoms with van der Waals surface area (Å²) in [5.74, 6) is -0.980. The van der Waals surface area contributed by atoms with E-state index < -0.39 is 5.97 Å². The van der Waals surface area contributed by atoms with Crippen molar-refractivity contribution in [1.82, 2.24) is 20.2 Å². The smallest absolute Gasteiger partial charge is 0.373 e. The van der Waals surface area contributed by atoms with Crippen LogP contribution in [-0.4, -0.2) is 31.2 Å². The van der Waals surface area contributed by atoms with Crippen LogP contribution in [0.4, 0.5) is 0 Å². The van der Waals surface area contributed by atoms with Crippen molar-refractivity contribution in [2.45, 2.75) is 0 Å². The van der Waals surface area contributed by atoms with Gasteiger partial charge in [-0.1, -0.05) is 0 Å². The lowest BCUT2D eigenvalue weighted by Gasteiger charge is -1.90. The van der Waals surface area contributed by atoms with E-state index in [1.54, 1.807) is 24.5 Å². The zero-order valence-corrected chi connectivity index (χ0v) is 7.01. The zero-order chi connectivity index (χ0) is 9.97. The number of hydrogen-bond acceptors (Lipinski definition) is 4. The molecule has 0 saturated carbocycles. The molecule has 0 atom stereocenters. The average Bonchev–Trinajstić information content (AvgIpc) is 2.68. The van der Waals surface area contributed by atoms with E-state index in [1.165, 1.54) is 0 Å². The number of carboxylic acids is 1. The highest BCUT2D eigenvalue weighted by molar-refractivity contribution is 5.83. The number of H-pyrrole nitrogens is 1. The molecule has 14 heavy (non-hydrogen) atoms. The third-order valence-electron chi connectivity index (χ3n) is 1.61. The minimum atomic E-state index is -1.13. The van der Waals surface area contributed by atoms with Gasteiger partial charge in [-0.2, -0.15) is 5.10 Å². The lowest BCUT2D eigenvalue weighted by atomic mass is 10.3. The first kappa shape index (κ1) is 8.36. The number of carbonyl (C=O) groups is 1. The molecule has 2 rings (SSSR count). The fraction of sp³-hybridized carbons (Fsp3) is 0. The van der Waals surface area contributed by atoms with E-state index in [4.69, 9.17) is 5.11 Å². The van der Waals surface area contributed by atoms with Crippen LogP contribution in [0.1, 0.15) is 10.6 Å². The minimum Gasteiger partial charge on any atom is -0.475 e. The normalized spacial score (nSPS) is 10.0. The number of pyridine rings is 1.